The summed E-state index contributed by atoms with van der Waals surface area (Å²) in [5.41, 5.74) is 3.32. The highest BCUT2D eigenvalue weighted by molar-refractivity contribution is 8.01. The van der Waals surface area contributed by atoms with Crippen molar-refractivity contribution in [3.63, 3.8) is 0 Å². The molecule has 2 aromatic carbocycles. The molecular formula is C33H47N3O6S2. The van der Waals surface area contributed by atoms with Crippen LogP contribution in [0.3, 0.4) is 0 Å². The molecule has 1 unspecified atom stereocenters. The van der Waals surface area contributed by atoms with Crippen molar-refractivity contribution >= 4 is 61.2 Å². The summed E-state index contributed by atoms with van der Waals surface area (Å²) >= 11 is 1.49. The minimum Gasteiger partial charge on any atom is -0.456 e. The van der Waals surface area contributed by atoms with E-state index in [0.29, 0.717) is 34.4 Å². The van der Waals surface area contributed by atoms with Crippen LogP contribution in [0.4, 0.5) is 5.69 Å². The number of sulfonamides is 1. The number of furan rings is 1. The zero-order valence-electron chi connectivity index (χ0n) is 26.2. The lowest BCUT2D eigenvalue weighted by Gasteiger charge is -2.43. The van der Waals surface area contributed by atoms with Crippen molar-refractivity contribution in [2.75, 3.05) is 17.6 Å². The van der Waals surface area contributed by atoms with Crippen LogP contribution in [0.1, 0.15) is 97.8 Å². The molecule has 0 bridgehead atoms. The van der Waals surface area contributed by atoms with Crippen molar-refractivity contribution in [1.29, 1.82) is 0 Å². The van der Waals surface area contributed by atoms with Crippen LogP contribution < -0.4 is 10.8 Å². The Labute approximate surface area is 265 Å². The average Bonchev–Trinajstić information content (AvgIpc) is 3.36. The molecule has 0 radical (unpaired) electrons. The topological polar surface area (TPSA) is 129 Å². The molecule has 1 atom stereocenters. The van der Waals surface area contributed by atoms with Crippen molar-refractivity contribution in [3.8, 4) is 0 Å². The van der Waals surface area contributed by atoms with Gasteiger partial charge < -0.3 is 9.73 Å². The normalized spacial score (nSPS) is 17.2. The molecule has 1 saturated heterocycles. The zero-order valence-corrected chi connectivity index (χ0v) is 27.8. The molecule has 44 heavy (non-hydrogen) atoms. The Morgan fingerprint density at radius 2 is 1.59 bits per heavy atom. The van der Waals surface area contributed by atoms with Crippen molar-refractivity contribution in [1.82, 2.24) is 9.79 Å². The average molecular weight is 646 g/mol. The largest absolute Gasteiger partial charge is 0.456 e. The number of carbonyl (C=O) groups excluding carboxylic acids is 2. The maximum atomic E-state index is 13.8. The van der Waals surface area contributed by atoms with Gasteiger partial charge in [0.15, 0.2) is 0 Å². The van der Waals surface area contributed by atoms with Crippen LogP contribution in [-0.4, -0.2) is 52.8 Å². The number of unbranched alkanes of at least 4 members (excludes halogenated alkanes) is 10. The van der Waals surface area contributed by atoms with Crippen molar-refractivity contribution in [2.45, 2.75) is 114 Å². The number of nitrogens with one attached hydrogen (secondary N) is 2. The van der Waals surface area contributed by atoms with E-state index in [9.17, 15) is 23.2 Å². The van der Waals surface area contributed by atoms with Gasteiger partial charge in [0.05, 0.1) is 4.90 Å². The third-order valence-electron chi connectivity index (χ3n) is 8.43. The summed E-state index contributed by atoms with van der Waals surface area (Å²) in [7, 11) is -4.07. The minimum absolute atomic E-state index is 0.0335. The van der Waals surface area contributed by atoms with E-state index >= 15 is 0 Å². The Morgan fingerprint density at radius 1 is 0.932 bits per heavy atom. The molecule has 9 nitrogen and oxygen atoms in total. The van der Waals surface area contributed by atoms with Crippen LogP contribution in [0.25, 0.3) is 21.9 Å². The number of anilines is 1. The summed E-state index contributed by atoms with van der Waals surface area (Å²) in [5.74, 6) is -0.279. The molecule has 2 amide bonds. The van der Waals surface area contributed by atoms with Crippen molar-refractivity contribution < 1.29 is 27.6 Å². The summed E-state index contributed by atoms with van der Waals surface area (Å²) in [6.45, 7) is 5.96. The van der Waals surface area contributed by atoms with Crippen molar-refractivity contribution in [2.24, 2.45) is 0 Å². The van der Waals surface area contributed by atoms with Crippen LogP contribution in [0.5, 0.6) is 0 Å². The fourth-order valence-electron chi connectivity index (χ4n) is 6.02. The molecule has 0 spiro atoms. The van der Waals surface area contributed by atoms with Crippen LogP contribution in [-0.2, 0) is 19.6 Å². The van der Waals surface area contributed by atoms with Crippen LogP contribution in [0.15, 0.2) is 45.7 Å². The number of thioether (sulfide) groups is 1. The van der Waals surface area contributed by atoms with E-state index in [-0.39, 0.29) is 17.3 Å². The fraction of sp³-hybridized carbons (Fsp3) is 0.576. The molecule has 1 aliphatic heterocycles. The van der Waals surface area contributed by atoms with Crippen LogP contribution in [0, 0.1) is 0 Å². The van der Waals surface area contributed by atoms with E-state index < -0.39 is 26.7 Å². The second kappa shape index (κ2) is 15.6. The van der Waals surface area contributed by atoms with Gasteiger partial charge in [0, 0.05) is 46.0 Å². The van der Waals surface area contributed by atoms with Gasteiger partial charge >= 0.3 is 0 Å². The summed E-state index contributed by atoms with van der Waals surface area (Å²) in [4.78, 5) is 25.2. The third-order valence-corrected chi connectivity index (χ3v) is 11.6. The first-order valence-electron chi connectivity index (χ1n) is 15.9. The second-order valence-corrected chi connectivity index (χ2v) is 15.9. The number of fused-ring (bicyclic) bond motifs is 3. The van der Waals surface area contributed by atoms with Gasteiger partial charge in [-0.25, -0.2) is 13.9 Å². The maximum absolute atomic E-state index is 13.8. The lowest BCUT2D eigenvalue weighted by atomic mass is 10.0. The second-order valence-electron chi connectivity index (χ2n) is 12.3. The predicted molar refractivity (Wildman–Crippen MR) is 178 cm³/mol. The van der Waals surface area contributed by atoms with E-state index in [1.54, 1.807) is 43.6 Å². The van der Waals surface area contributed by atoms with E-state index in [4.69, 9.17) is 4.42 Å². The van der Waals surface area contributed by atoms with E-state index in [2.05, 4.69) is 12.2 Å². The number of hydrogen-bond donors (Lipinski definition) is 3. The first-order valence-corrected chi connectivity index (χ1v) is 18.4. The molecule has 3 N–H and O–H groups in total. The summed E-state index contributed by atoms with van der Waals surface area (Å²) in [6, 6.07) is 8.93. The number of nitrogens with zero attached hydrogens (tertiary/aromatic N) is 1. The van der Waals surface area contributed by atoms with Crippen LogP contribution in [0.2, 0.25) is 0 Å². The smallest absolute Gasteiger partial charge is 0.263 e. The molecule has 4 rings (SSSR count). The molecule has 0 aliphatic carbocycles. The van der Waals surface area contributed by atoms with E-state index in [0.717, 1.165) is 24.6 Å². The molecular weight excluding hydrogens is 599 g/mol. The number of hydroxylamine groups is 1. The highest BCUT2D eigenvalue weighted by Gasteiger charge is 2.48. The lowest BCUT2D eigenvalue weighted by molar-refractivity contribution is -0.134. The number of benzene rings is 2. The maximum Gasteiger partial charge on any atom is 0.263 e. The lowest BCUT2D eigenvalue weighted by Crippen LogP contribution is -2.61. The molecule has 2 heterocycles. The Morgan fingerprint density at radius 3 is 2.25 bits per heavy atom. The Kier molecular flexibility index (Phi) is 12.2. The fourth-order valence-corrected chi connectivity index (χ4v) is 9.16. The number of carbonyl (C=O) groups is 2. The minimum atomic E-state index is -4.07. The highest BCUT2D eigenvalue weighted by atomic mass is 32.2. The number of rotatable bonds is 16. The molecule has 0 saturated carbocycles. The van der Waals surface area contributed by atoms with Gasteiger partial charge in [0.25, 0.3) is 5.91 Å². The van der Waals surface area contributed by atoms with Gasteiger partial charge in [-0.3, -0.25) is 14.8 Å². The quantitative estimate of drug-likeness (QED) is 0.0830. The van der Waals surface area contributed by atoms with Gasteiger partial charge in [-0.2, -0.15) is 16.1 Å². The number of hydrogen-bond acceptors (Lipinski definition) is 7. The molecule has 1 aliphatic rings. The number of amides is 2. The first-order chi connectivity index (χ1) is 21.1. The zero-order chi connectivity index (χ0) is 31.7. The van der Waals surface area contributed by atoms with Crippen LogP contribution >= 0.6 is 11.8 Å². The monoisotopic (exact) mass is 645 g/mol. The standard InChI is InChI=1S/C33H47N3O6S2/c1-4-5-6-7-8-9-10-11-12-13-14-15-30(37)34-24-16-18-26-27-23-25(17-19-28(27)42-29(26)22-24)44(40,41)36-20-21-43-33(2,3)31(36)32(38)35-39/h16-19,22-23,31,39H,4-15,20-21H2,1-3H3,(H,34,37)(H,35,38). The first kappa shape index (κ1) is 34.3. The highest BCUT2D eigenvalue weighted by Crippen LogP contribution is 2.39. The van der Waals surface area contributed by atoms with Crippen molar-refractivity contribution in [3.05, 3.63) is 36.4 Å². The van der Waals surface area contributed by atoms with E-state index in [1.807, 2.05) is 6.07 Å². The summed E-state index contributed by atoms with van der Waals surface area (Å²) in [5, 5.41) is 13.6. The van der Waals surface area contributed by atoms with Gasteiger partial charge in [-0.1, -0.05) is 71.1 Å². The van der Waals surface area contributed by atoms with E-state index in [1.165, 1.54) is 73.5 Å². The Bertz CT molecular complexity index is 1540. The molecule has 242 valence electrons. The molecule has 11 heteroatoms. The SMILES string of the molecule is CCCCCCCCCCCCCC(=O)Nc1ccc2c(c1)oc1ccc(S(=O)(=O)N3CCSC(C)(C)C3C(=O)NO)cc12. The summed E-state index contributed by atoms with van der Waals surface area (Å²) in [6.07, 6.45) is 14.0. The molecule has 1 aromatic heterocycles. The molecule has 1 fully saturated rings. The van der Waals surface area contributed by atoms with Gasteiger partial charge in [-0.15, -0.1) is 0 Å². The third kappa shape index (κ3) is 8.35. The van der Waals surface area contributed by atoms with Gasteiger partial charge in [0.1, 0.15) is 17.2 Å². The Balaban J connectivity index is 1.36. The van der Waals surface area contributed by atoms with Gasteiger partial charge in [0.2, 0.25) is 15.9 Å². The Hall–Kier alpha value is -2.60. The molecule has 3 aromatic rings. The van der Waals surface area contributed by atoms with Gasteiger partial charge in [-0.05, 0) is 50.6 Å². The predicted octanol–water partition coefficient (Wildman–Crippen LogP) is 7.62. The summed E-state index contributed by atoms with van der Waals surface area (Å²) < 4.78 is 34.0.